The first-order valence-corrected chi connectivity index (χ1v) is 18.8. The number of hydrogen-bond donors (Lipinski definition) is 0. The summed E-state index contributed by atoms with van der Waals surface area (Å²) in [5, 5.41) is 12.2. The van der Waals surface area contributed by atoms with E-state index >= 15 is 0 Å². The van der Waals surface area contributed by atoms with E-state index in [-0.39, 0.29) is 0 Å². The first-order chi connectivity index (χ1) is 27.7. The van der Waals surface area contributed by atoms with Gasteiger partial charge in [-0.2, -0.15) is 5.26 Å². The van der Waals surface area contributed by atoms with Gasteiger partial charge in [0.1, 0.15) is 11.5 Å². The Kier molecular flexibility index (Phi) is 7.10. The highest BCUT2D eigenvalue weighted by atomic mass is 16.5. The van der Waals surface area contributed by atoms with Crippen LogP contribution in [0.25, 0.3) is 66.9 Å². The quantitative estimate of drug-likeness (QED) is 0.182. The Labute approximate surface area is 324 Å². The summed E-state index contributed by atoms with van der Waals surface area (Å²) in [5.41, 5.74) is 13.1. The van der Waals surface area contributed by atoms with Crippen molar-refractivity contribution in [1.82, 2.24) is 9.97 Å². The molecule has 1 aromatic heterocycles. The van der Waals surface area contributed by atoms with Gasteiger partial charge in [-0.1, -0.05) is 164 Å². The van der Waals surface area contributed by atoms with Crippen molar-refractivity contribution in [1.29, 1.82) is 5.26 Å². The number of nitrogens with zero attached hydrogens (tertiary/aromatic N) is 3. The van der Waals surface area contributed by atoms with Crippen molar-refractivity contribution in [3.63, 3.8) is 0 Å². The van der Waals surface area contributed by atoms with E-state index in [4.69, 9.17) is 14.7 Å². The number of fused-ring (bicyclic) bond motifs is 10. The van der Waals surface area contributed by atoms with Crippen LogP contribution < -0.4 is 4.74 Å². The molecule has 0 N–H and O–H groups in total. The van der Waals surface area contributed by atoms with Gasteiger partial charge >= 0.3 is 0 Å². The average Bonchev–Trinajstić information content (AvgIpc) is 3.56. The summed E-state index contributed by atoms with van der Waals surface area (Å²) in [5.74, 6) is 2.04. The molecule has 260 valence electrons. The van der Waals surface area contributed by atoms with Crippen LogP contribution in [-0.4, -0.2) is 9.97 Å². The number of aromatic nitrogens is 2. The number of hydrogen-bond acceptors (Lipinski definition) is 4. The molecule has 0 atom stereocenters. The lowest BCUT2D eigenvalue weighted by atomic mass is 9.65. The van der Waals surface area contributed by atoms with Gasteiger partial charge in [0, 0.05) is 27.8 Å². The summed E-state index contributed by atoms with van der Waals surface area (Å²) in [6.07, 6.45) is 0. The van der Waals surface area contributed by atoms with Gasteiger partial charge in [0.05, 0.1) is 34.0 Å². The molecule has 1 aliphatic heterocycles. The van der Waals surface area contributed by atoms with E-state index in [2.05, 4.69) is 152 Å². The van der Waals surface area contributed by atoms with Gasteiger partial charge in [-0.05, 0) is 62.9 Å². The highest BCUT2D eigenvalue weighted by Crippen LogP contribution is 2.64. The van der Waals surface area contributed by atoms with E-state index in [1.54, 1.807) is 0 Å². The van der Waals surface area contributed by atoms with Gasteiger partial charge < -0.3 is 4.74 Å². The lowest BCUT2D eigenvalue weighted by Gasteiger charge is -2.40. The first kappa shape index (κ1) is 31.9. The number of nitriles is 1. The molecule has 0 saturated heterocycles. The minimum atomic E-state index is -0.704. The predicted molar refractivity (Wildman–Crippen MR) is 223 cm³/mol. The first-order valence-electron chi connectivity index (χ1n) is 18.8. The molecule has 11 rings (SSSR count). The Morgan fingerprint density at radius 2 is 0.964 bits per heavy atom. The van der Waals surface area contributed by atoms with Gasteiger partial charge in [-0.25, -0.2) is 9.97 Å². The smallest absolute Gasteiger partial charge is 0.164 e. The van der Waals surface area contributed by atoms with E-state index in [1.165, 1.54) is 22.3 Å². The molecule has 8 aromatic carbocycles. The molecule has 0 amide bonds. The van der Waals surface area contributed by atoms with Crippen molar-refractivity contribution in [2.75, 3.05) is 0 Å². The Hall–Kier alpha value is -7.61. The molecule has 0 radical (unpaired) electrons. The Morgan fingerprint density at radius 3 is 1.73 bits per heavy atom. The standard InChI is InChI=1S/C52H31N3O/c53-32-33-14-10-19-36(30-33)38-23-12-28-45-49(38)56-50-42(25-13-29-46(50)52(45)43-26-8-6-21-39(43)40-22-7-9-27-44(40)52)51-54-47(35-16-2-1-3-17-35)31-48(55-51)41-24-11-18-34-15-4-5-20-37(34)41/h1-31H. The fourth-order valence-electron chi connectivity index (χ4n) is 9.02. The third kappa shape index (κ3) is 4.65. The van der Waals surface area contributed by atoms with E-state index in [9.17, 15) is 5.26 Å². The monoisotopic (exact) mass is 713 g/mol. The van der Waals surface area contributed by atoms with Crippen LogP contribution in [-0.2, 0) is 5.41 Å². The third-order valence-electron chi connectivity index (χ3n) is 11.4. The molecule has 1 spiro atoms. The number of ether oxygens (including phenoxy) is 1. The zero-order valence-corrected chi connectivity index (χ0v) is 30.1. The fourth-order valence-corrected chi connectivity index (χ4v) is 9.02. The van der Waals surface area contributed by atoms with Crippen LogP contribution in [0.2, 0.25) is 0 Å². The maximum atomic E-state index is 9.90. The zero-order chi connectivity index (χ0) is 37.2. The van der Waals surface area contributed by atoms with Gasteiger partial charge in [0.2, 0.25) is 0 Å². The van der Waals surface area contributed by atoms with Crippen LogP contribution in [0, 0.1) is 11.3 Å². The second-order valence-corrected chi connectivity index (χ2v) is 14.4. The SMILES string of the molecule is N#Cc1cccc(-c2cccc3c2Oc2c(-c4nc(-c5ccccc5)cc(-c5cccc6ccccc56)n4)cccc2C32c3ccccc3-c3ccccc32)c1. The Morgan fingerprint density at radius 1 is 0.429 bits per heavy atom. The molecule has 0 fully saturated rings. The van der Waals surface area contributed by atoms with Crippen molar-refractivity contribution < 1.29 is 4.74 Å². The Balaban J connectivity index is 1.23. The molecule has 1 aliphatic carbocycles. The lowest BCUT2D eigenvalue weighted by molar-refractivity contribution is 0.439. The Bertz CT molecular complexity index is 3040. The van der Waals surface area contributed by atoms with Crippen molar-refractivity contribution in [3.8, 4) is 73.7 Å². The van der Waals surface area contributed by atoms with Gasteiger partial charge in [0.25, 0.3) is 0 Å². The van der Waals surface area contributed by atoms with Crippen LogP contribution in [0.5, 0.6) is 11.5 Å². The van der Waals surface area contributed by atoms with E-state index < -0.39 is 5.41 Å². The fraction of sp³-hybridized carbons (Fsp3) is 0.0192. The maximum absolute atomic E-state index is 9.90. The van der Waals surface area contributed by atoms with Crippen molar-refractivity contribution in [2.45, 2.75) is 5.41 Å². The zero-order valence-electron chi connectivity index (χ0n) is 30.1. The molecule has 4 nitrogen and oxygen atoms in total. The van der Waals surface area contributed by atoms with E-state index in [0.717, 1.165) is 66.9 Å². The summed E-state index contributed by atoms with van der Waals surface area (Å²) < 4.78 is 7.34. The molecular weight excluding hydrogens is 683 g/mol. The highest BCUT2D eigenvalue weighted by Gasteiger charge is 2.52. The number of para-hydroxylation sites is 2. The molecule has 0 bridgehead atoms. The number of benzene rings is 8. The minimum absolute atomic E-state index is 0.577. The lowest BCUT2D eigenvalue weighted by Crippen LogP contribution is -2.32. The molecular formula is C52H31N3O. The predicted octanol–water partition coefficient (Wildman–Crippen LogP) is 12.6. The van der Waals surface area contributed by atoms with Crippen LogP contribution in [0.1, 0.15) is 27.8 Å². The second kappa shape index (κ2) is 12.5. The summed E-state index contributed by atoms with van der Waals surface area (Å²) in [6, 6.07) is 67.6. The van der Waals surface area contributed by atoms with E-state index in [0.29, 0.717) is 17.1 Å². The highest BCUT2D eigenvalue weighted by molar-refractivity contribution is 5.97. The second-order valence-electron chi connectivity index (χ2n) is 14.4. The molecule has 2 heterocycles. The third-order valence-corrected chi connectivity index (χ3v) is 11.4. The van der Waals surface area contributed by atoms with E-state index in [1.807, 2.05) is 42.5 Å². The molecule has 9 aromatic rings. The summed E-state index contributed by atoms with van der Waals surface area (Å²) in [7, 11) is 0. The van der Waals surface area contributed by atoms with Crippen molar-refractivity contribution in [3.05, 3.63) is 216 Å². The van der Waals surface area contributed by atoms with Crippen molar-refractivity contribution in [2.24, 2.45) is 0 Å². The largest absolute Gasteiger partial charge is 0.455 e. The molecule has 56 heavy (non-hydrogen) atoms. The van der Waals surface area contributed by atoms with Crippen molar-refractivity contribution >= 4 is 10.8 Å². The van der Waals surface area contributed by atoms with Gasteiger partial charge in [-0.3, -0.25) is 0 Å². The molecule has 0 saturated carbocycles. The number of rotatable bonds is 4. The maximum Gasteiger partial charge on any atom is 0.164 e. The van der Waals surface area contributed by atoms with Crippen LogP contribution >= 0.6 is 0 Å². The van der Waals surface area contributed by atoms with Crippen LogP contribution in [0.3, 0.4) is 0 Å². The van der Waals surface area contributed by atoms with Crippen LogP contribution in [0.15, 0.2) is 188 Å². The summed E-state index contributed by atoms with van der Waals surface area (Å²) in [6.45, 7) is 0. The molecule has 4 heteroatoms. The normalized spacial score (nSPS) is 12.9. The van der Waals surface area contributed by atoms with Crippen LogP contribution in [0.4, 0.5) is 0 Å². The van der Waals surface area contributed by atoms with Gasteiger partial charge in [-0.15, -0.1) is 0 Å². The topological polar surface area (TPSA) is 58.8 Å². The van der Waals surface area contributed by atoms with Gasteiger partial charge in [0.15, 0.2) is 5.82 Å². The molecule has 2 aliphatic rings. The summed E-state index contributed by atoms with van der Waals surface area (Å²) in [4.78, 5) is 10.7. The summed E-state index contributed by atoms with van der Waals surface area (Å²) >= 11 is 0. The molecule has 0 unspecified atom stereocenters. The minimum Gasteiger partial charge on any atom is -0.455 e. The average molecular weight is 714 g/mol.